The predicted molar refractivity (Wildman–Crippen MR) is 138 cm³/mol. The molecule has 1 saturated carbocycles. The SMILES string of the molecule is Cc1ccc(-c2ccc3c(c2)C(/C2=C/CCCC4CC(C)(C)C(C(C)C)C4=N2)=CC3)cn1.[HH]. The Hall–Kier alpha value is -2.48. The second-order valence-corrected chi connectivity index (χ2v) is 11.1. The number of benzene rings is 1. The number of nitrogens with zero attached hydrogens (tertiary/aromatic N) is 2. The molecule has 2 nitrogen and oxygen atoms in total. The highest BCUT2D eigenvalue weighted by Gasteiger charge is 2.46. The van der Waals surface area contributed by atoms with Gasteiger partial charge in [0.1, 0.15) is 0 Å². The van der Waals surface area contributed by atoms with Gasteiger partial charge in [0, 0.05) is 36.1 Å². The van der Waals surface area contributed by atoms with Crippen LogP contribution in [0.25, 0.3) is 16.7 Å². The van der Waals surface area contributed by atoms with Crippen molar-refractivity contribution in [3.8, 4) is 11.1 Å². The van der Waals surface area contributed by atoms with E-state index in [0.29, 0.717) is 23.2 Å². The van der Waals surface area contributed by atoms with Crippen LogP contribution in [0.15, 0.2) is 59.4 Å². The Labute approximate surface area is 195 Å². The molecule has 1 fully saturated rings. The lowest BCUT2D eigenvalue weighted by molar-refractivity contribution is 0.229. The lowest BCUT2D eigenvalue weighted by Gasteiger charge is -2.30. The first-order valence-electron chi connectivity index (χ1n) is 12.4. The van der Waals surface area contributed by atoms with E-state index in [2.05, 4.69) is 75.2 Å². The predicted octanol–water partition coefficient (Wildman–Crippen LogP) is 8.07. The number of hydrogen-bond acceptors (Lipinski definition) is 2. The van der Waals surface area contributed by atoms with E-state index in [0.717, 1.165) is 18.5 Å². The number of hydrogen-bond donors (Lipinski definition) is 0. The number of fused-ring (bicyclic) bond motifs is 2. The molecule has 1 aromatic carbocycles. The summed E-state index contributed by atoms with van der Waals surface area (Å²) in [6.07, 6.45) is 12.8. The Balaban J connectivity index is 0.00000259. The first-order chi connectivity index (χ1) is 15.3. The summed E-state index contributed by atoms with van der Waals surface area (Å²) in [6.45, 7) is 11.7. The number of aliphatic imine (C=N–C) groups is 1. The average Bonchev–Trinajstić information content (AvgIpc) is 3.26. The van der Waals surface area contributed by atoms with E-state index < -0.39 is 0 Å². The third-order valence-electron chi connectivity index (χ3n) is 7.81. The van der Waals surface area contributed by atoms with Crippen LogP contribution in [0.1, 0.15) is 71.6 Å². The molecule has 0 spiro atoms. The van der Waals surface area contributed by atoms with Crippen LogP contribution in [0.3, 0.4) is 0 Å². The Morgan fingerprint density at radius 3 is 2.62 bits per heavy atom. The molecule has 2 heteroatoms. The van der Waals surface area contributed by atoms with E-state index in [9.17, 15) is 0 Å². The van der Waals surface area contributed by atoms with Crippen molar-refractivity contribution >= 4 is 11.3 Å². The Morgan fingerprint density at radius 2 is 1.88 bits per heavy atom. The Kier molecular flexibility index (Phi) is 5.43. The molecule has 1 aliphatic heterocycles. The highest BCUT2D eigenvalue weighted by molar-refractivity contribution is 5.96. The van der Waals surface area contributed by atoms with Crippen LogP contribution in [0.2, 0.25) is 0 Å². The van der Waals surface area contributed by atoms with E-state index in [1.807, 2.05) is 13.1 Å². The second kappa shape index (κ2) is 8.14. The molecule has 0 radical (unpaired) electrons. The zero-order valence-electron chi connectivity index (χ0n) is 20.3. The number of rotatable bonds is 3. The van der Waals surface area contributed by atoms with Gasteiger partial charge in [0.2, 0.25) is 0 Å². The van der Waals surface area contributed by atoms with Gasteiger partial charge in [-0.25, -0.2) is 0 Å². The molecule has 2 aromatic rings. The molecule has 32 heavy (non-hydrogen) atoms. The smallest absolute Gasteiger partial charge is 0.0664 e. The topological polar surface area (TPSA) is 25.2 Å². The molecule has 3 aliphatic rings. The van der Waals surface area contributed by atoms with Crippen molar-refractivity contribution in [2.24, 2.45) is 28.2 Å². The molecule has 2 unspecified atom stereocenters. The van der Waals surface area contributed by atoms with Crippen LogP contribution >= 0.6 is 0 Å². The summed E-state index contributed by atoms with van der Waals surface area (Å²) < 4.78 is 0. The molecule has 2 aliphatic carbocycles. The number of aryl methyl sites for hydroxylation is 1. The van der Waals surface area contributed by atoms with Crippen LogP contribution < -0.4 is 0 Å². The lowest BCUT2D eigenvalue weighted by atomic mass is 9.75. The van der Waals surface area contributed by atoms with E-state index in [-0.39, 0.29) is 1.43 Å². The molecular formula is C30H38N2. The maximum absolute atomic E-state index is 5.49. The molecule has 0 saturated heterocycles. The number of allylic oxidation sites excluding steroid dienone is 3. The van der Waals surface area contributed by atoms with Crippen molar-refractivity contribution < 1.29 is 1.43 Å². The zero-order valence-corrected chi connectivity index (χ0v) is 20.3. The monoisotopic (exact) mass is 426 g/mol. The van der Waals surface area contributed by atoms with Crippen LogP contribution in [0.5, 0.6) is 0 Å². The van der Waals surface area contributed by atoms with Crippen molar-refractivity contribution in [3.63, 3.8) is 0 Å². The molecule has 0 bridgehead atoms. The first-order valence-corrected chi connectivity index (χ1v) is 12.4. The minimum absolute atomic E-state index is 0. The van der Waals surface area contributed by atoms with Gasteiger partial charge in [-0.2, -0.15) is 0 Å². The quantitative estimate of drug-likeness (QED) is 0.487. The molecule has 5 rings (SSSR count). The molecule has 0 N–H and O–H groups in total. The van der Waals surface area contributed by atoms with Gasteiger partial charge >= 0.3 is 0 Å². The number of aromatic nitrogens is 1. The second-order valence-electron chi connectivity index (χ2n) is 11.1. The number of pyridine rings is 1. The van der Waals surface area contributed by atoms with Gasteiger partial charge in [-0.3, -0.25) is 9.98 Å². The van der Waals surface area contributed by atoms with Gasteiger partial charge in [0.15, 0.2) is 0 Å². The van der Waals surface area contributed by atoms with Crippen LogP contribution in [0, 0.1) is 30.1 Å². The van der Waals surface area contributed by atoms with Crippen molar-refractivity contribution in [3.05, 3.63) is 71.2 Å². The molecule has 0 amide bonds. The van der Waals surface area contributed by atoms with Crippen LogP contribution in [-0.4, -0.2) is 10.7 Å². The third-order valence-corrected chi connectivity index (χ3v) is 7.81. The summed E-state index contributed by atoms with van der Waals surface area (Å²) in [5.74, 6) is 1.84. The Bertz CT molecular complexity index is 1120. The van der Waals surface area contributed by atoms with Crippen LogP contribution in [0.4, 0.5) is 0 Å². The molecule has 2 atom stereocenters. The van der Waals surface area contributed by atoms with Gasteiger partial charge in [0.25, 0.3) is 0 Å². The first kappa shape index (κ1) is 21.4. The normalized spacial score (nSPS) is 25.9. The summed E-state index contributed by atoms with van der Waals surface area (Å²) in [6, 6.07) is 11.2. The fraction of sp³-hybridized carbons (Fsp3) is 0.467. The molecule has 2 heterocycles. The van der Waals surface area contributed by atoms with Crippen molar-refractivity contribution in [1.82, 2.24) is 4.98 Å². The standard InChI is InChI=1S/C30H36N2.H2/c1-19(2)28-29-23(17-30(28,4)5)8-6-7-9-27(32-29)25-15-14-21-12-13-22(16-26(21)25)24-11-10-20(3)31-18-24;/h9-13,15-16,18-19,23,28H,6-8,14,17H2,1-5H3;1H/b27-9-,32-29?;. The van der Waals surface area contributed by atoms with E-state index in [1.54, 1.807) is 0 Å². The summed E-state index contributed by atoms with van der Waals surface area (Å²) in [7, 11) is 0. The maximum Gasteiger partial charge on any atom is 0.0664 e. The van der Waals surface area contributed by atoms with Gasteiger partial charge in [0.05, 0.1) is 5.70 Å². The lowest BCUT2D eigenvalue weighted by Crippen LogP contribution is -2.28. The summed E-state index contributed by atoms with van der Waals surface area (Å²) in [5.41, 5.74) is 10.6. The van der Waals surface area contributed by atoms with Crippen molar-refractivity contribution in [2.45, 2.75) is 66.7 Å². The highest BCUT2D eigenvalue weighted by atomic mass is 14.8. The maximum atomic E-state index is 5.49. The third kappa shape index (κ3) is 3.78. The summed E-state index contributed by atoms with van der Waals surface area (Å²) >= 11 is 0. The van der Waals surface area contributed by atoms with Crippen molar-refractivity contribution in [1.29, 1.82) is 0 Å². The minimum Gasteiger partial charge on any atom is -0.261 e. The average molecular weight is 427 g/mol. The molecular weight excluding hydrogens is 388 g/mol. The van der Waals surface area contributed by atoms with E-state index >= 15 is 0 Å². The largest absolute Gasteiger partial charge is 0.261 e. The Morgan fingerprint density at radius 1 is 1.06 bits per heavy atom. The summed E-state index contributed by atoms with van der Waals surface area (Å²) in [4.78, 5) is 10.00. The van der Waals surface area contributed by atoms with Crippen LogP contribution in [-0.2, 0) is 6.42 Å². The van der Waals surface area contributed by atoms with Gasteiger partial charge in [-0.1, -0.05) is 58.0 Å². The van der Waals surface area contributed by atoms with Gasteiger partial charge in [-0.05, 0) is 85.1 Å². The fourth-order valence-corrected chi connectivity index (χ4v) is 6.52. The van der Waals surface area contributed by atoms with Gasteiger partial charge < -0.3 is 0 Å². The van der Waals surface area contributed by atoms with E-state index in [1.165, 1.54) is 58.5 Å². The molecule has 1 aromatic heterocycles. The fourth-order valence-electron chi connectivity index (χ4n) is 6.52. The zero-order chi connectivity index (χ0) is 22.5. The highest BCUT2D eigenvalue weighted by Crippen LogP contribution is 2.50. The van der Waals surface area contributed by atoms with E-state index in [4.69, 9.17) is 4.99 Å². The minimum atomic E-state index is 0. The van der Waals surface area contributed by atoms with Crippen molar-refractivity contribution in [2.75, 3.05) is 0 Å². The molecule has 168 valence electrons. The summed E-state index contributed by atoms with van der Waals surface area (Å²) in [5, 5.41) is 0. The van der Waals surface area contributed by atoms with Gasteiger partial charge in [-0.15, -0.1) is 0 Å².